The first kappa shape index (κ1) is 24.4. The van der Waals surface area contributed by atoms with Crippen LogP contribution in [0.5, 0.6) is 0 Å². The molecule has 0 N–H and O–H groups in total. The van der Waals surface area contributed by atoms with Crippen molar-refractivity contribution in [2.24, 2.45) is 0 Å². The van der Waals surface area contributed by atoms with Gasteiger partial charge >= 0.3 is 195 Å². The molecule has 2 aromatic carbocycles. The summed E-state index contributed by atoms with van der Waals surface area (Å²) >= 11 is -2.60. The van der Waals surface area contributed by atoms with Crippen LogP contribution < -0.4 is 5.56 Å². The Morgan fingerprint density at radius 2 is 1.35 bits per heavy atom. The maximum absolute atomic E-state index is 13.6. The molecule has 1 aromatic heterocycles. The molecule has 3 aromatic rings. The fourth-order valence-electron chi connectivity index (χ4n) is 4.20. The van der Waals surface area contributed by atoms with Gasteiger partial charge in [0.25, 0.3) is 0 Å². The number of unbranched alkanes of at least 4 members (excludes halogenated alkanes) is 3. The van der Waals surface area contributed by atoms with Crippen molar-refractivity contribution >= 4 is 36.8 Å². The molecule has 166 valence electrons. The van der Waals surface area contributed by atoms with Crippen molar-refractivity contribution < 1.29 is 0 Å². The third kappa shape index (κ3) is 6.16. The molecule has 3 nitrogen and oxygen atoms in total. The molecular weight excluding hydrogens is 507 g/mol. The third-order valence-corrected chi connectivity index (χ3v) is 27.1. The van der Waals surface area contributed by atoms with E-state index >= 15 is 0 Å². The fourth-order valence-corrected chi connectivity index (χ4v) is 26.0. The molecule has 31 heavy (non-hydrogen) atoms. The Hall–Kier alpha value is -1.27. The van der Waals surface area contributed by atoms with Gasteiger partial charge in [-0.2, -0.15) is 0 Å². The Morgan fingerprint density at radius 3 is 1.94 bits per heavy atom. The van der Waals surface area contributed by atoms with Gasteiger partial charge in [-0.25, -0.2) is 0 Å². The van der Waals surface area contributed by atoms with Crippen molar-refractivity contribution in [3.05, 3.63) is 65.0 Å². The van der Waals surface area contributed by atoms with Crippen molar-refractivity contribution in [3.8, 4) is 5.69 Å². The summed E-state index contributed by atoms with van der Waals surface area (Å²) in [6.07, 6.45) is 7.65. The molecular formula is C26H36N2OSSn. The summed E-state index contributed by atoms with van der Waals surface area (Å²) in [7, 11) is 2.07. The second kappa shape index (κ2) is 12.1. The number of rotatable bonds is 12. The summed E-state index contributed by atoms with van der Waals surface area (Å²) in [5.74, 6) is 0. The van der Waals surface area contributed by atoms with Crippen LogP contribution >= 0.6 is 8.95 Å². The molecule has 5 heteroatoms. The van der Waals surface area contributed by atoms with E-state index in [9.17, 15) is 4.79 Å². The van der Waals surface area contributed by atoms with Crippen molar-refractivity contribution in [3.63, 3.8) is 0 Å². The molecule has 0 atom stereocenters. The van der Waals surface area contributed by atoms with Crippen LogP contribution in [0.4, 0.5) is 0 Å². The van der Waals surface area contributed by atoms with Gasteiger partial charge in [0.2, 0.25) is 0 Å². The van der Waals surface area contributed by atoms with Gasteiger partial charge in [0.15, 0.2) is 0 Å². The molecule has 3 rings (SSSR count). The number of aromatic nitrogens is 2. The van der Waals surface area contributed by atoms with E-state index in [2.05, 4.69) is 29.7 Å². The second-order valence-electron chi connectivity index (χ2n) is 8.48. The van der Waals surface area contributed by atoms with Crippen molar-refractivity contribution in [1.29, 1.82) is 0 Å². The summed E-state index contributed by atoms with van der Waals surface area (Å²) in [4.78, 5) is 18.7. The van der Waals surface area contributed by atoms with Crippen LogP contribution in [0.3, 0.4) is 0 Å². The van der Waals surface area contributed by atoms with Crippen molar-refractivity contribution in [2.45, 2.75) is 77.8 Å². The molecule has 0 spiro atoms. The first-order valence-corrected chi connectivity index (χ1v) is 22.3. The maximum atomic E-state index is 13.6. The van der Waals surface area contributed by atoms with E-state index in [0.717, 1.165) is 16.4 Å². The van der Waals surface area contributed by atoms with E-state index in [1.165, 1.54) is 51.8 Å². The first-order chi connectivity index (χ1) is 15.1. The zero-order valence-corrected chi connectivity index (χ0v) is 22.9. The van der Waals surface area contributed by atoms with Crippen LogP contribution in [0.15, 0.2) is 64.5 Å². The monoisotopic (exact) mass is 544 g/mol. The van der Waals surface area contributed by atoms with E-state index in [1.807, 2.05) is 59.2 Å². The molecule has 0 unspecified atom stereocenters. The second-order valence-corrected chi connectivity index (χ2v) is 27.6. The molecule has 0 aliphatic rings. The van der Waals surface area contributed by atoms with Crippen LogP contribution in [-0.2, 0) is 0 Å². The average molecular weight is 543 g/mol. The standard InChI is InChI=1S/C14H10N2OS.3C4H9.Sn/c17-13-11-8-4-5-9-12(11)15-14(18)16(13)10-6-2-1-3-7-10;3*1-3-4-2;/h1-9H,(H,15,18);3*1,3-4H2,2H3;/q;;;;+1/p-1. The van der Waals surface area contributed by atoms with Crippen LogP contribution in [0.1, 0.15) is 59.3 Å². The Balaban J connectivity index is 2.16. The summed E-state index contributed by atoms with van der Waals surface area (Å²) in [5, 5.41) is 1.63. The van der Waals surface area contributed by atoms with Gasteiger partial charge in [0.1, 0.15) is 0 Å². The molecule has 0 saturated carbocycles. The predicted octanol–water partition coefficient (Wildman–Crippen LogP) is 7.82. The van der Waals surface area contributed by atoms with Gasteiger partial charge in [-0.05, 0) is 0 Å². The topological polar surface area (TPSA) is 34.9 Å². The zero-order valence-electron chi connectivity index (χ0n) is 19.3. The van der Waals surface area contributed by atoms with Gasteiger partial charge in [0, 0.05) is 0 Å². The van der Waals surface area contributed by atoms with E-state index in [4.69, 9.17) is 4.98 Å². The van der Waals surface area contributed by atoms with Gasteiger partial charge in [-0.15, -0.1) is 0 Å². The summed E-state index contributed by atoms with van der Waals surface area (Å²) in [5.41, 5.74) is 1.81. The molecule has 0 aliphatic carbocycles. The zero-order chi connectivity index (χ0) is 22.1. The number of nitrogens with zero attached hydrogens (tertiary/aromatic N) is 2. The Kier molecular flexibility index (Phi) is 9.51. The average Bonchev–Trinajstić information content (AvgIpc) is 2.80. The molecule has 0 radical (unpaired) electrons. The Morgan fingerprint density at radius 1 is 0.806 bits per heavy atom. The fraction of sp³-hybridized carbons (Fsp3) is 0.462. The molecule has 1 heterocycles. The summed E-state index contributed by atoms with van der Waals surface area (Å²) < 4.78 is 6.04. The van der Waals surface area contributed by atoms with Crippen molar-refractivity contribution in [1.82, 2.24) is 9.55 Å². The number of para-hydroxylation sites is 2. The molecule has 0 amide bonds. The van der Waals surface area contributed by atoms with Crippen LogP contribution in [-0.4, -0.2) is 26.5 Å². The quantitative estimate of drug-likeness (QED) is 0.173. The van der Waals surface area contributed by atoms with Gasteiger partial charge in [0.05, 0.1) is 0 Å². The number of hydrogen-bond acceptors (Lipinski definition) is 3. The van der Waals surface area contributed by atoms with Gasteiger partial charge < -0.3 is 0 Å². The summed E-state index contributed by atoms with van der Waals surface area (Å²) in [6, 6.07) is 17.9. The van der Waals surface area contributed by atoms with Gasteiger partial charge in [-0.1, -0.05) is 0 Å². The van der Waals surface area contributed by atoms with E-state index < -0.39 is 17.0 Å². The summed E-state index contributed by atoms with van der Waals surface area (Å²) in [6.45, 7) is 6.90. The number of fused-ring (bicyclic) bond motifs is 1. The van der Waals surface area contributed by atoms with Crippen LogP contribution in [0, 0.1) is 0 Å². The van der Waals surface area contributed by atoms with E-state index in [-0.39, 0.29) is 5.56 Å². The third-order valence-electron chi connectivity index (χ3n) is 6.02. The SMILES string of the molecule is CCC[CH2][Sn]([CH2]CCC)([CH2]CCC)[S]c1nc2ccccc2c(=O)n1-c1ccccc1. The minimum absolute atomic E-state index is 0.0564. The number of hydrogen-bond donors (Lipinski definition) is 0. The van der Waals surface area contributed by atoms with Gasteiger partial charge in [-0.3, -0.25) is 0 Å². The predicted molar refractivity (Wildman–Crippen MR) is 138 cm³/mol. The van der Waals surface area contributed by atoms with E-state index in [1.54, 1.807) is 0 Å². The van der Waals surface area contributed by atoms with Crippen LogP contribution in [0.25, 0.3) is 16.6 Å². The van der Waals surface area contributed by atoms with Crippen molar-refractivity contribution in [2.75, 3.05) is 0 Å². The normalized spacial score (nSPS) is 11.8. The molecule has 0 saturated heterocycles. The number of benzene rings is 2. The molecule has 0 aliphatic heterocycles. The Labute approximate surface area is 194 Å². The molecule has 0 bridgehead atoms. The minimum atomic E-state index is -2.60. The first-order valence-electron chi connectivity index (χ1n) is 11.9. The van der Waals surface area contributed by atoms with Crippen LogP contribution in [0.2, 0.25) is 13.3 Å². The van der Waals surface area contributed by atoms with E-state index in [0.29, 0.717) is 5.39 Å². The molecule has 0 fully saturated rings. The Bertz CT molecular complexity index is 997.